The van der Waals surface area contributed by atoms with Crippen LogP contribution in [0.1, 0.15) is 88.6 Å². The summed E-state index contributed by atoms with van der Waals surface area (Å²) in [5.74, 6) is 6.74. The van der Waals surface area contributed by atoms with Gasteiger partial charge in [-0.05, 0) is 57.6 Å². The standard InChI is InChI=1S/C25H37N7/c1-7-20-19(12-13-22(27-20)15(3)4)24-21(8-2)28-25-23(29-24)17(6)30-32(25)16(5)14-31(26)18-10-9-11-18/h12-13,15-16,18H,7-11,14,26H2,1-6H3. The first-order valence-corrected chi connectivity index (χ1v) is 12.1. The van der Waals surface area contributed by atoms with E-state index in [2.05, 4.69) is 46.8 Å². The minimum atomic E-state index is 0.125. The van der Waals surface area contributed by atoms with Crippen LogP contribution in [0.4, 0.5) is 0 Å². The van der Waals surface area contributed by atoms with Gasteiger partial charge in [-0.1, -0.05) is 34.1 Å². The fourth-order valence-corrected chi connectivity index (χ4v) is 4.46. The van der Waals surface area contributed by atoms with E-state index in [9.17, 15) is 0 Å². The highest BCUT2D eigenvalue weighted by atomic mass is 15.4. The first-order valence-electron chi connectivity index (χ1n) is 12.1. The van der Waals surface area contributed by atoms with Crippen molar-refractivity contribution in [1.29, 1.82) is 0 Å². The highest BCUT2D eigenvalue weighted by Crippen LogP contribution is 2.30. The monoisotopic (exact) mass is 435 g/mol. The summed E-state index contributed by atoms with van der Waals surface area (Å²) in [6.45, 7) is 13.6. The van der Waals surface area contributed by atoms with Gasteiger partial charge in [-0.15, -0.1) is 0 Å². The minimum Gasteiger partial charge on any atom is -0.268 e. The lowest BCUT2D eigenvalue weighted by atomic mass is 9.92. The number of fused-ring (bicyclic) bond motifs is 1. The zero-order valence-electron chi connectivity index (χ0n) is 20.4. The summed E-state index contributed by atoms with van der Waals surface area (Å²) in [6.07, 6.45) is 5.32. The second-order valence-corrected chi connectivity index (χ2v) is 9.44. The van der Waals surface area contributed by atoms with E-state index in [-0.39, 0.29) is 6.04 Å². The predicted molar refractivity (Wildman–Crippen MR) is 129 cm³/mol. The van der Waals surface area contributed by atoms with Crippen LogP contribution in [0.15, 0.2) is 12.1 Å². The Bertz CT molecular complexity index is 1100. The van der Waals surface area contributed by atoms with Crippen molar-refractivity contribution in [3.63, 3.8) is 0 Å². The molecule has 3 aromatic rings. The summed E-state index contributed by atoms with van der Waals surface area (Å²) in [6, 6.07) is 4.92. The van der Waals surface area contributed by atoms with Crippen molar-refractivity contribution in [1.82, 2.24) is 29.7 Å². The third kappa shape index (κ3) is 4.16. The van der Waals surface area contributed by atoms with Crippen LogP contribution >= 0.6 is 0 Å². The lowest BCUT2D eigenvalue weighted by Crippen LogP contribution is -2.47. The Labute approximate surface area is 191 Å². The molecule has 0 saturated heterocycles. The maximum atomic E-state index is 6.34. The molecule has 0 radical (unpaired) electrons. The summed E-state index contributed by atoms with van der Waals surface area (Å²) < 4.78 is 2.01. The van der Waals surface area contributed by atoms with E-state index < -0.39 is 0 Å². The zero-order valence-corrected chi connectivity index (χ0v) is 20.4. The quantitative estimate of drug-likeness (QED) is 0.406. The Balaban J connectivity index is 1.76. The predicted octanol–water partition coefficient (Wildman–Crippen LogP) is 4.73. The summed E-state index contributed by atoms with van der Waals surface area (Å²) >= 11 is 0. The maximum absolute atomic E-state index is 6.34. The molecule has 4 rings (SSSR count). The van der Waals surface area contributed by atoms with Gasteiger partial charge in [0.25, 0.3) is 0 Å². The molecular formula is C25H37N7. The van der Waals surface area contributed by atoms with Crippen molar-refractivity contribution in [2.45, 2.75) is 91.6 Å². The number of hydrogen-bond donors (Lipinski definition) is 1. The van der Waals surface area contributed by atoms with Crippen LogP contribution in [-0.4, -0.2) is 42.3 Å². The molecule has 32 heavy (non-hydrogen) atoms. The van der Waals surface area contributed by atoms with Crippen LogP contribution in [0.25, 0.3) is 22.4 Å². The number of nitrogens with zero attached hydrogens (tertiary/aromatic N) is 6. The molecule has 172 valence electrons. The van der Waals surface area contributed by atoms with Gasteiger partial charge in [0.15, 0.2) is 5.65 Å². The van der Waals surface area contributed by atoms with Crippen LogP contribution in [0, 0.1) is 6.92 Å². The molecule has 1 atom stereocenters. The van der Waals surface area contributed by atoms with E-state index in [0.29, 0.717) is 12.0 Å². The van der Waals surface area contributed by atoms with E-state index in [1.165, 1.54) is 19.3 Å². The van der Waals surface area contributed by atoms with Crippen LogP contribution in [-0.2, 0) is 12.8 Å². The summed E-state index contributed by atoms with van der Waals surface area (Å²) in [7, 11) is 0. The average Bonchev–Trinajstić information content (AvgIpc) is 3.06. The maximum Gasteiger partial charge on any atom is 0.177 e. The van der Waals surface area contributed by atoms with Crippen LogP contribution in [0.2, 0.25) is 0 Å². The molecule has 0 amide bonds. The molecule has 1 aliphatic carbocycles. The number of nitrogens with two attached hydrogens (primary N) is 1. The number of aromatic nitrogens is 5. The molecule has 0 aromatic carbocycles. The molecule has 1 fully saturated rings. The number of hydrazine groups is 1. The largest absolute Gasteiger partial charge is 0.268 e. The van der Waals surface area contributed by atoms with Gasteiger partial charge in [-0.2, -0.15) is 5.10 Å². The molecule has 1 unspecified atom stereocenters. The molecule has 0 bridgehead atoms. The minimum absolute atomic E-state index is 0.125. The van der Waals surface area contributed by atoms with E-state index >= 15 is 0 Å². The first-order chi connectivity index (χ1) is 15.3. The molecule has 7 nitrogen and oxygen atoms in total. The van der Waals surface area contributed by atoms with Gasteiger partial charge in [-0.3, -0.25) is 10.8 Å². The van der Waals surface area contributed by atoms with Gasteiger partial charge in [-0.25, -0.2) is 19.7 Å². The molecule has 1 aliphatic rings. The topological polar surface area (TPSA) is 85.8 Å². The van der Waals surface area contributed by atoms with Gasteiger partial charge >= 0.3 is 0 Å². The van der Waals surface area contributed by atoms with Crippen LogP contribution in [0.5, 0.6) is 0 Å². The van der Waals surface area contributed by atoms with Crippen molar-refractivity contribution in [2.75, 3.05) is 6.54 Å². The second-order valence-electron chi connectivity index (χ2n) is 9.44. The molecule has 0 aliphatic heterocycles. The van der Waals surface area contributed by atoms with E-state index in [1.54, 1.807) is 0 Å². The Hall–Kier alpha value is -2.38. The van der Waals surface area contributed by atoms with Gasteiger partial charge < -0.3 is 0 Å². The van der Waals surface area contributed by atoms with E-state index in [0.717, 1.165) is 64.6 Å². The Morgan fingerprint density at radius 1 is 1.06 bits per heavy atom. The zero-order chi connectivity index (χ0) is 23.0. The van der Waals surface area contributed by atoms with Crippen LogP contribution < -0.4 is 5.84 Å². The van der Waals surface area contributed by atoms with Crippen molar-refractivity contribution >= 4 is 11.2 Å². The fraction of sp³-hybridized carbons (Fsp3) is 0.600. The van der Waals surface area contributed by atoms with Crippen molar-refractivity contribution in [2.24, 2.45) is 5.84 Å². The summed E-state index contributed by atoms with van der Waals surface area (Å²) in [4.78, 5) is 15.1. The Morgan fingerprint density at radius 2 is 1.78 bits per heavy atom. The molecule has 7 heteroatoms. The van der Waals surface area contributed by atoms with Crippen LogP contribution in [0.3, 0.4) is 0 Å². The number of pyridine rings is 1. The number of aryl methyl sites for hydroxylation is 3. The average molecular weight is 436 g/mol. The fourth-order valence-electron chi connectivity index (χ4n) is 4.46. The van der Waals surface area contributed by atoms with Gasteiger partial charge in [0.1, 0.15) is 5.52 Å². The van der Waals surface area contributed by atoms with Gasteiger partial charge in [0, 0.05) is 29.5 Å². The SMILES string of the molecule is CCc1nc(C(C)C)ccc1-c1nc2c(C)nn(C(C)CN(N)C3CCC3)c2nc1CC. The van der Waals surface area contributed by atoms with Gasteiger partial charge in [0.2, 0.25) is 0 Å². The third-order valence-electron chi connectivity index (χ3n) is 6.72. The Kier molecular flexibility index (Phi) is 6.58. The van der Waals surface area contributed by atoms with E-state index in [1.807, 2.05) is 16.6 Å². The molecule has 1 saturated carbocycles. The number of rotatable bonds is 8. The van der Waals surface area contributed by atoms with Crippen molar-refractivity contribution < 1.29 is 0 Å². The Morgan fingerprint density at radius 3 is 2.38 bits per heavy atom. The van der Waals surface area contributed by atoms with Crippen molar-refractivity contribution in [3.05, 3.63) is 34.9 Å². The lowest BCUT2D eigenvalue weighted by Gasteiger charge is -2.35. The van der Waals surface area contributed by atoms with E-state index in [4.69, 9.17) is 25.9 Å². The third-order valence-corrected chi connectivity index (χ3v) is 6.72. The summed E-state index contributed by atoms with van der Waals surface area (Å²) in [5.41, 5.74) is 7.83. The first kappa shape index (κ1) is 22.8. The highest BCUT2D eigenvalue weighted by Gasteiger charge is 2.26. The smallest absolute Gasteiger partial charge is 0.177 e. The normalized spacial score (nSPS) is 15.7. The van der Waals surface area contributed by atoms with Gasteiger partial charge in [0.05, 0.1) is 23.1 Å². The lowest BCUT2D eigenvalue weighted by molar-refractivity contribution is 0.111. The highest BCUT2D eigenvalue weighted by molar-refractivity contribution is 5.78. The van der Waals surface area contributed by atoms with Crippen molar-refractivity contribution in [3.8, 4) is 11.3 Å². The molecule has 3 heterocycles. The second kappa shape index (κ2) is 9.24. The summed E-state index contributed by atoms with van der Waals surface area (Å²) in [5, 5.41) is 6.81. The number of hydrogen-bond acceptors (Lipinski definition) is 6. The molecule has 3 aromatic heterocycles. The molecule has 2 N–H and O–H groups in total. The molecular weight excluding hydrogens is 398 g/mol. The molecule has 0 spiro atoms.